The van der Waals surface area contributed by atoms with Gasteiger partial charge in [-0.3, -0.25) is 9.59 Å². The number of halogens is 2. The van der Waals surface area contributed by atoms with E-state index >= 15 is 0 Å². The zero-order valence-corrected chi connectivity index (χ0v) is 15.4. The highest BCUT2D eigenvalue weighted by atomic mass is 35.5. The summed E-state index contributed by atoms with van der Waals surface area (Å²) in [4.78, 5) is 26.7. The highest BCUT2D eigenvalue weighted by molar-refractivity contribution is 6.34. The Kier molecular flexibility index (Phi) is 5.28. The van der Waals surface area contributed by atoms with Crippen molar-refractivity contribution in [2.45, 2.75) is 26.7 Å². The molecule has 0 atom stereocenters. The van der Waals surface area contributed by atoms with Crippen LogP contribution in [0.4, 0.5) is 15.8 Å². The molecule has 1 aliphatic heterocycles. The van der Waals surface area contributed by atoms with Crippen LogP contribution >= 0.6 is 11.6 Å². The van der Waals surface area contributed by atoms with Crippen molar-refractivity contribution < 1.29 is 14.0 Å². The first-order valence-corrected chi connectivity index (χ1v) is 8.95. The Balaban J connectivity index is 1.87. The lowest BCUT2D eigenvalue weighted by Gasteiger charge is -2.31. The van der Waals surface area contributed by atoms with E-state index < -0.39 is 11.7 Å². The summed E-state index contributed by atoms with van der Waals surface area (Å²) in [5, 5.41) is 2.83. The van der Waals surface area contributed by atoms with Crippen molar-refractivity contribution in [2.24, 2.45) is 5.92 Å². The topological polar surface area (TPSA) is 49.4 Å². The molecule has 3 rings (SSSR count). The van der Waals surface area contributed by atoms with Gasteiger partial charge in [-0.2, -0.15) is 0 Å². The first-order valence-electron chi connectivity index (χ1n) is 8.57. The molecule has 2 aromatic carbocycles. The maximum Gasteiger partial charge on any atom is 0.257 e. The number of hydrogen-bond acceptors (Lipinski definition) is 2. The average Bonchev–Trinajstić information content (AvgIpc) is 2.60. The Morgan fingerprint density at radius 2 is 1.96 bits per heavy atom. The van der Waals surface area contributed by atoms with Crippen LogP contribution in [0.15, 0.2) is 36.4 Å². The fourth-order valence-corrected chi connectivity index (χ4v) is 3.32. The standard InChI is InChI=1S/C20H20ClFN2O2/c1-12(2)20(26)24-9-3-4-13-5-7-15(11-18(13)24)23-19(25)16-8-6-14(22)10-17(16)21/h5-8,10-12H,3-4,9H2,1-2H3,(H,23,25). The van der Waals surface area contributed by atoms with Gasteiger partial charge in [0.25, 0.3) is 5.91 Å². The highest BCUT2D eigenvalue weighted by Gasteiger charge is 2.25. The van der Waals surface area contributed by atoms with Gasteiger partial charge in [-0.05, 0) is 48.7 Å². The van der Waals surface area contributed by atoms with Gasteiger partial charge in [-0.1, -0.05) is 31.5 Å². The summed E-state index contributed by atoms with van der Waals surface area (Å²) in [6, 6.07) is 9.18. The smallest absolute Gasteiger partial charge is 0.257 e. The summed E-state index contributed by atoms with van der Waals surface area (Å²) in [5.74, 6) is -0.955. The predicted molar refractivity (Wildman–Crippen MR) is 101 cm³/mol. The van der Waals surface area contributed by atoms with E-state index in [1.807, 2.05) is 26.0 Å². The van der Waals surface area contributed by atoms with Crippen molar-refractivity contribution in [3.8, 4) is 0 Å². The number of nitrogens with zero attached hydrogens (tertiary/aromatic N) is 1. The fraction of sp³-hybridized carbons (Fsp3) is 0.300. The summed E-state index contributed by atoms with van der Waals surface area (Å²) in [7, 11) is 0. The molecule has 0 fully saturated rings. The molecule has 0 unspecified atom stereocenters. The van der Waals surface area contributed by atoms with E-state index in [1.165, 1.54) is 12.1 Å². The van der Waals surface area contributed by atoms with Crippen molar-refractivity contribution in [3.63, 3.8) is 0 Å². The van der Waals surface area contributed by atoms with E-state index in [-0.39, 0.29) is 22.4 Å². The Hall–Kier alpha value is -2.40. The molecular weight excluding hydrogens is 355 g/mol. The summed E-state index contributed by atoms with van der Waals surface area (Å²) in [6.07, 6.45) is 1.82. The molecule has 26 heavy (non-hydrogen) atoms. The van der Waals surface area contributed by atoms with E-state index in [0.29, 0.717) is 12.2 Å². The van der Waals surface area contributed by atoms with Crippen LogP contribution in [0.3, 0.4) is 0 Å². The molecule has 4 nitrogen and oxygen atoms in total. The third kappa shape index (κ3) is 3.73. The lowest BCUT2D eigenvalue weighted by Crippen LogP contribution is -2.38. The average molecular weight is 375 g/mol. The zero-order chi connectivity index (χ0) is 18.8. The van der Waals surface area contributed by atoms with Crippen LogP contribution < -0.4 is 10.2 Å². The van der Waals surface area contributed by atoms with Gasteiger partial charge in [0.15, 0.2) is 0 Å². The number of carbonyl (C=O) groups is 2. The SMILES string of the molecule is CC(C)C(=O)N1CCCc2ccc(NC(=O)c3ccc(F)cc3Cl)cc21. The summed E-state index contributed by atoms with van der Waals surface area (Å²) >= 11 is 5.95. The maximum atomic E-state index is 13.2. The van der Waals surface area contributed by atoms with E-state index in [4.69, 9.17) is 11.6 Å². The molecule has 1 heterocycles. The number of anilines is 2. The monoisotopic (exact) mass is 374 g/mol. The number of benzene rings is 2. The molecule has 1 aliphatic rings. The van der Waals surface area contributed by atoms with Crippen LogP contribution in [-0.2, 0) is 11.2 Å². The number of fused-ring (bicyclic) bond motifs is 1. The van der Waals surface area contributed by atoms with Crippen LogP contribution in [0.1, 0.15) is 36.2 Å². The third-order valence-electron chi connectivity index (χ3n) is 4.40. The predicted octanol–water partition coefficient (Wildman–Crippen LogP) is 4.67. The fourth-order valence-electron chi connectivity index (χ4n) is 3.06. The van der Waals surface area contributed by atoms with Crippen LogP contribution in [-0.4, -0.2) is 18.4 Å². The number of hydrogen-bond donors (Lipinski definition) is 1. The largest absolute Gasteiger partial charge is 0.322 e. The third-order valence-corrected chi connectivity index (χ3v) is 4.71. The van der Waals surface area contributed by atoms with E-state index in [1.54, 1.807) is 11.0 Å². The molecule has 0 aliphatic carbocycles. The lowest BCUT2D eigenvalue weighted by molar-refractivity contribution is -0.121. The Labute approximate surface area is 157 Å². The van der Waals surface area contributed by atoms with E-state index in [0.717, 1.165) is 30.2 Å². The number of amides is 2. The van der Waals surface area contributed by atoms with Crippen LogP contribution in [0.5, 0.6) is 0 Å². The van der Waals surface area contributed by atoms with Crippen molar-refractivity contribution in [1.29, 1.82) is 0 Å². The number of carbonyl (C=O) groups excluding carboxylic acids is 2. The second-order valence-corrected chi connectivity index (χ2v) is 7.08. The second-order valence-electron chi connectivity index (χ2n) is 6.67. The van der Waals surface area contributed by atoms with Gasteiger partial charge in [0.1, 0.15) is 5.82 Å². The van der Waals surface area contributed by atoms with Crippen LogP contribution in [0.25, 0.3) is 0 Å². The van der Waals surface area contributed by atoms with Gasteiger partial charge >= 0.3 is 0 Å². The van der Waals surface area contributed by atoms with Crippen molar-refractivity contribution in [1.82, 2.24) is 0 Å². The maximum absolute atomic E-state index is 13.2. The number of aryl methyl sites for hydroxylation is 1. The van der Waals surface area contributed by atoms with Gasteiger partial charge in [0.2, 0.25) is 5.91 Å². The minimum atomic E-state index is -0.497. The van der Waals surface area contributed by atoms with Gasteiger partial charge in [-0.25, -0.2) is 4.39 Å². The molecule has 0 bridgehead atoms. The first kappa shape index (κ1) is 18.4. The molecule has 0 saturated heterocycles. The van der Waals surface area contributed by atoms with Crippen LogP contribution in [0.2, 0.25) is 5.02 Å². The molecular formula is C20H20ClFN2O2. The molecule has 1 N–H and O–H groups in total. The lowest BCUT2D eigenvalue weighted by atomic mass is 9.99. The molecule has 2 amide bonds. The Morgan fingerprint density at radius 3 is 2.65 bits per heavy atom. The van der Waals surface area contributed by atoms with Gasteiger partial charge in [-0.15, -0.1) is 0 Å². The molecule has 2 aromatic rings. The minimum Gasteiger partial charge on any atom is -0.322 e. The van der Waals surface area contributed by atoms with Gasteiger partial charge < -0.3 is 10.2 Å². The molecule has 6 heteroatoms. The van der Waals surface area contributed by atoms with Crippen molar-refractivity contribution in [2.75, 3.05) is 16.8 Å². The summed E-state index contributed by atoms with van der Waals surface area (Å²) < 4.78 is 13.2. The normalized spacial score (nSPS) is 13.5. The van der Waals surface area contributed by atoms with Gasteiger partial charge in [0, 0.05) is 23.8 Å². The van der Waals surface area contributed by atoms with Crippen LogP contribution in [0, 0.1) is 11.7 Å². The molecule has 136 valence electrons. The Morgan fingerprint density at radius 1 is 1.19 bits per heavy atom. The molecule has 0 radical (unpaired) electrons. The Bertz CT molecular complexity index is 867. The van der Waals surface area contributed by atoms with Gasteiger partial charge in [0.05, 0.1) is 10.6 Å². The van der Waals surface area contributed by atoms with E-state index in [2.05, 4.69) is 5.32 Å². The molecule has 0 saturated carbocycles. The highest BCUT2D eigenvalue weighted by Crippen LogP contribution is 2.31. The van der Waals surface area contributed by atoms with E-state index in [9.17, 15) is 14.0 Å². The van der Waals surface area contributed by atoms with Crippen molar-refractivity contribution in [3.05, 3.63) is 58.4 Å². The molecule has 0 aromatic heterocycles. The first-order chi connectivity index (χ1) is 12.4. The number of nitrogens with one attached hydrogen (secondary N) is 1. The van der Waals surface area contributed by atoms with Crippen molar-refractivity contribution >= 4 is 34.8 Å². The number of rotatable bonds is 3. The quantitative estimate of drug-likeness (QED) is 0.848. The molecule has 0 spiro atoms. The zero-order valence-electron chi connectivity index (χ0n) is 14.7. The summed E-state index contributed by atoms with van der Waals surface area (Å²) in [6.45, 7) is 4.42. The summed E-state index contributed by atoms with van der Waals surface area (Å²) in [5.41, 5.74) is 2.68. The minimum absolute atomic E-state index is 0.0528. The second kappa shape index (κ2) is 7.46.